The molecule has 144 valence electrons. The van der Waals surface area contributed by atoms with Gasteiger partial charge in [-0.05, 0) is 30.3 Å². The topological polar surface area (TPSA) is 74.0 Å². The molecule has 0 fully saturated rings. The first-order chi connectivity index (χ1) is 12.8. The molecule has 2 N–H and O–H groups in total. The molecule has 0 unspecified atom stereocenters. The molecule has 2 rings (SSSR count). The summed E-state index contributed by atoms with van der Waals surface area (Å²) in [7, 11) is 8.34. The number of ether oxygens (including phenoxy) is 3. The van der Waals surface area contributed by atoms with E-state index in [2.05, 4.69) is 0 Å². The Balaban J connectivity index is 2.42. The zero-order chi connectivity index (χ0) is 20.1. The van der Waals surface area contributed by atoms with E-state index in [-0.39, 0.29) is 10.8 Å². The fraction of sp³-hybridized carbons (Fsp3) is 0.250. The van der Waals surface area contributed by atoms with Crippen molar-refractivity contribution in [3.8, 4) is 17.2 Å². The van der Waals surface area contributed by atoms with Crippen molar-refractivity contribution in [1.82, 2.24) is 0 Å². The first-order valence-corrected chi connectivity index (χ1v) is 8.48. The molecule has 27 heavy (non-hydrogen) atoms. The quantitative estimate of drug-likeness (QED) is 0.440. The van der Waals surface area contributed by atoms with Crippen LogP contribution >= 0.6 is 11.6 Å². The third-order valence-electron chi connectivity index (χ3n) is 4.01. The van der Waals surface area contributed by atoms with Gasteiger partial charge in [-0.2, -0.15) is 0 Å². The summed E-state index contributed by atoms with van der Waals surface area (Å²) in [6.45, 7) is 0. The zero-order valence-corrected chi connectivity index (χ0v) is 16.8. The van der Waals surface area contributed by atoms with Crippen molar-refractivity contribution in [1.29, 1.82) is 0 Å². The van der Waals surface area contributed by atoms with Crippen molar-refractivity contribution in [2.45, 2.75) is 0 Å². The Morgan fingerprint density at radius 1 is 1.00 bits per heavy atom. The number of hydrogen-bond acceptors (Lipinski definition) is 6. The number of nitrogens with zero attached hydrogens (tertiary/aromatic N) is 1. The lowest BCUT2D eigenvalue weighted by atomic mass is 10.1. The van der Waals surface area contributed by atoms with Gasteiger partial charge in [0.05, 0.1) is 37.7 Å². The Hall–Kier alpha value is -2.86. The number of allylic oxidation sites excluding steroid dienone is 1. The SMILES string of the molecule is COc1cc(OC)c(OC)cc1/C=C(/Cl)C(=O)c1ccc(N(C)C)c(N)c1. The molecule has 0 aliphatic carbocycles. The van der Waals surface area contributed by atoms with Gasteiger partial charge in [-0.15, -0.1) is 0 Å². The van der Waals surface area contributed by atoms with Gasteiger partial charge < -0.3 is 24.8 Å². The summed E-state index contributed by atoms with van der Waals surface area (Å²) in [5.41, 5.74) is 8.34. The average Bonchev–Trinajstić information content (AvgIpc) is 2.66. The van der Waals surface area contributed by atoms with Gasteiger partial charge in [0, 0.05) is 31.3 Å². The number of ketones is 1. The van der Waals surface area contributed by atoms with E-state index in [0.29, 0.717) is 34.1 Å². The third kappa shape index (κ3) is 4.46. The van der Waals surface area contributed by atoms with Crippen LogP contribution in [0.3, 0.4) is 0 Å². The normalized spacial score (nSPS) is 11.1. The maximum absolute atomic E-state index is 12.7. The summed E-state index contributed by atoms with van der Waals surface area (Å²) in [6.07, 6.45) is 1.53. The van der Waals surface area contributed by atoms with Gasteiger partial charge in [0.1, 0.15) is 5.75 Å². The molecule has 2 aromatic carbocycles. The molecule has 0 heterocycles. The van der Waals surface area contributed by atoms with E-state index < -0.39 is 0 Å². The number of halogens is 1. The first kappa shape index (κ1) is 20.5. The minimum absolute atomic E-state index is 0.0255. The molecule has 6 nitrogen and oxygen atoms in total. The van der Waals surface area contributed by atoms with Crippen LogP contribution in [0.5, 0.6) is 17.2 Å². The number of anilines is 2. The van der Waals surface area contributed by atoms with Crippen molar-refractivity contribution in [2.75, 3.05) is 46.1 Å². The van der Waals surface area contributed by atoms with Crippen LogP contribution in [0.2, 0.25) is 0 Å². The lowest BCUT2D eigenvalue weighted by Gasteiger charge is -2.15. The Morgan fingerprint density at radius 3 is 2.11 bits per heavy atom. The van der Waals surface area contributed by atoms with E-state index in [4.69, 9.17) is 31.5 Å². The number of rotatable bonds is 7. The molecule has 0 spiro atoms. The van der Waals surface area contributed by atoms with E-state index in [1.54, 1.807) is 30.3 Å². The number of nitrogens with two attached hydrogens (primary N) is 1. The number of benzene rings is 2. The average molecular weight is 391 g/mol. The van der Waals surface area contributed by atoms with Gasteiger partial charge in [0.25, 0.3) is 0 Å². The van der Waals surface area contributed by atoms with Gasteiger partial charge in [-0.25, -0.2) is 0 Å². The number of methoxy groups -OCH3 is 3. The molecule has 0 saturated carbocycles. The van der Waals surface area contributed by atoms with Crippen LogP contribution in [0.4, 0.5) is 11.4 Å². The summed E-state index contributed by atoms with van der Waals surface area (Å²) in [6, 6.07) is 8.44. The van der Waals surface area contributed by atoms with Crippen LogP contribution in [0, 0.1) is 0 Å². The van der Waals surface area contributed by atoms with Crippen molar-refractivity contribution in [3.05, 3.63) is 46.5 Å². The number of carbonyl (C=O) groups excluding carboxylic acids is 1. The molecule has 0 bridgehead atoms. The standard InChI is InChI=1S/C20H23ClN2O4/c1-23(2)16-7-6-12(9-15(16)22)20(24)14(21)8-13-10-18(26-4)19(27-5)11-17(13)25-3/h6-11H,22H2,1-5H3/b14-8+. The fourth-order valence-corrected chi connectivity index (χ4v) is 2.84. The maximum Gasteiger partial charge on any atom is 0.204 e. The van der Waals surface area contributed by atoms with Gasteiger partial charge >= 0.3 is 0 Å². The van der Waals surface area contributed by atoms with E-state index in [0.717, 1.165) is 5.69 Å². The molecule has 0 saturated heterocycles. The van der Waals surface area contributed by atoms with Crippen LogP contribution in [0.15, 0.2) is 35.4 Å². The van der Waals surface area contributed by atoms with Gasteiger partial charge in [-0.3, -0.25) is 4.79 Å². The van der Waals surface area contributed by atoms with Crippen LogP contribution in [-0.2, 0) is 0 Å². The summed E-state index contributed by atoms with van der Waals surface area (Å²) in [4.78, 5) is 14.6. The van der Waals surface area contributed by atoms with Crippen molar-refractivity contribution >= 4 is 34.8 Å². The Kier molecular flexibility index (Phi) is 6.58. The summed E-state index contributed by atoms with van der Waals surface area (Å²) in [5.74, 6) is 1.17. The molecule has 0 amide bonds. The van der Waals surface area contributed by atoms with Crippen LogP contribution < -0.4 is 24.8 Å². The second-order valence-electron chi connectivity index (χ2n) is 5.94. The molecule has 0 aliphatic rings. The number of hydrogen-bond donors (Lipinski definition) is 1. The summed E-state index contributed by atoms with van der Waals surface area (Å²) >= 11 is 6.29. The minimum atomic E-state index is -0.342. The molecule has 0 aromatic heterocycles. The molecule has 0 radical (unpaired) electrons. The molecule has 0 aliphatic heterocycles. The van der Waals surface area contributed by atoms with Crippen molar-refractivity contribution in [3.63, 3.8) is 0 Å². The summed E-state index contributed by atoms with van der Waals surface area (Å²) < 4.78 is 15.9. The van der Waals surface area contributed by atoms with E-state index in [1.807, 2.05) is 19.0 Å². The van der Waals surface area contributed by atoms with Crippen molar-refractivity contribution < 1.29 is 19.0 Å². The first-order valence-electron chi connectivity index (χ1n) is 8.11. The third-order valence-corrected chi connectivity index (χ3v) is 4.29. The Labute approximate surface area is 164 Å². The number of Topliss-reactive ketones (excluding diaryl/α,β-unsaturated/α-hetero) is 1. The predicted molar refractivity (Wildman–Crippen MR) is 109 cm³/mol. The highest BCUT2D eigenvalue weighted by Gasteiger charge is 2.16. The van der Waals surface area contributed by atoms with Gasteiger partial charge in [0.2, 0.25) is 5.78 Å². The molecule has 2 aromatic rings. The maximum atomic E-state index is 12.7. The highest BCUT2D eigenvalue weighted by Crippen LogP contribution is 2.36. The highest BCUT2D eigenvalue weighted by atomic mass is 35.5. The van der Waals surface area contributed by atoms with Crippen molar-refractivity contribution in [2.24, 2.45) is 0 Å². The second-order valence-corrected chi connectivity index (χ2v) is 6.35. The van der Waals surface area contributed by atoms with E-state index in [1.165, 1.54) is 27.4 Å². The fourth-order valence-electron chi connectivity index (χ4n) is 2.61. The van der Waals surface area contributed by atoms with Crippen LogP contribution in [0.1, 0.15) is 15.9 Å². The molecular weight excluding hydrogens is 368 g/mol. The lowest BCUT2D eigenvalue weighted by Crippen LogP contribution is -2.12. The highest BCUT2D eigenvalue weighted by molar-refractivity contribution is 6.47. The van der Waals surface area contributed by atoms with Crippen LogP contribution in [-0.4, -0.2) is 41.2 Å². The molecule has 0 atom stereocenters. The van der Waals surface area contributed by atoms with E-state index in [9.17, 15) is 4.79 Å². The Bertz CT molecular complexity index is 879. The second kappa shape index (κ2) is 8.68. The smallest absolute Gasteiger partial charge is 0.204 e. The van der Waals surface area contributed by atoms with E-state index >= 15 is 0 Å². The largest absolute Gasteiger partial charge is 0.496 e. The minimum Gasteiger partial charge on any atom is -0.496 e. The number of nitrogen functional groups attached to an aromatic ring is 1. The summed E-state index contributed by atoms with van der Waals surface area (Å²) in [5, 5.41) is 0.0255. The molecular formula is C20H23ClN2O4. The molecule has 7 heteroatoms. The van der Waals surface area contributed by atoms with Gasteiger partial charge in [-0.1, -0.05) is 11.6 Å². The number of carbonyl (C=O) groups is 1. The predicted octanol–water partition coefficient (Wildman–Crippen LogP) is 3.82. The van der Waals surface area contributed by atoms with Gasteiger partial charge in [0.15, 0.2) is 11.5 Å². The monoisotopic (exact) mass is 390 g/mol. The lowest BCUT2D eigenvalue weighted by molar-refractivity contribution is 0.104. The Morgan fingerprint density at radius 2 is 1.59 bits per heavy atom. The zero-order valence-electron chi connectivity index (χ0n) is 16.0. The van der Waals surface area contributed by atoms with Crippen LogP contribution in [0.25, 0.3) is 6.08 Å².